The predicted octanol–water partition coefficient (Wildman–Crippen LogP) is 1.92. The van der Waals surface area contributed by atoms with Crippen LogP contribution in [0.1, 0.15) is 45.4 Å². The van der Waals surface area contributed by atoms with Gasteiger partial charge in [-0.3, -0.25) is 4.79 Å². The zero-order chi connectivity index (χ0) is 19.5. The third-order valence-electron chi connectivity index (χ3n) is 5.46. The maximum Gasteiger partial charge on any atom is 0.243 e. The zero-order valence-electron chi connectivity index (χ0n) is 17.9. The summed E-state index contributed by atoms with van der Waals surface area (Å²) in [5, 5.41) is 6.75. The van der Waals surface area contributed by atoms with E-state index in [0.29, 0.717) is 5.96 Å². The van der Waals surface area contributed by atoms with E-state index >= 15 is 0 Å². The molecule has 0 aromatic heterocycles. The number of nitrogens with zero attached hydrogens (tertiary/aromatic N) is 3. The number of likely N-dealkylation sites (N-methyl/N-ethyl adjacent to an activating group) is 1. The molecule has 28 heavy (non-hydrogen) atoms. The number of hydrogen-bond donors (Lipinski definition) is 2. The summed E-state index contributed by atoms with van der Waals surface area (Å²) >= 11 is 0. The van der Waals surface area contributed by atoms with Crippen LogP contribution in [0.15, 0.2) is 4.99 Å². The lowest BCUT2D eigenvalue weighted by Crippen LogP contribution is -2.44. The first-order valence-corrected chi connectivity index (χ1v) is 10.6. The van der Waals surface area contributed by atoms with Crippen LogP contribution in [0, 0.1) is 5.92 Å². The summed E-state index contributed by atoms with van der Waals surface area (Å²) in [4.78, 5) is 20.4. The summed E-state index contributed by atoms with van der Waals surface area (Å²) in [7, 11) is 3.52. The van der Waals surface area contributed by atoms with Crippen molar-refractivity contribution in [2.75, 3.05) is 60.0 Å². The Morgan fingerprint density at radius 2 is 1.93 bits per heavy atom. The Kier molecular flexibility index (Phi) is 13.1. The van der Waals surface area contributed by atoms with Gasteiger partial charge in [0, 0.05) is 33.8 Å². The second-order valence-corrected chi connectivity index (χ2v) is 8.13. The lowest BCUT2D eigenvalue weighted by Gasteiger charge is -2.30. The number of aliphatic imine (C=N–C) groups is 1. The molecule has 0 spiro atoms. The van der Waals surface area contributed by atoms with Gasteiger partial charge in [0.2, 0.25) is 5.91 Å². The third-order valence-corrected chi connectivity index (χ3v) is 5.46. The van der Waals surface area contributed by atoms with Crippen LogP contribution in [-0.2, 0) is 9.53 Å². The van der Waals surface area contributed by atoms with E-state index in [1.807, 2.05) is 0 Å². The molecule has 0 aliphatic carbocycles. The van der Waals surface area contributed by atoms with Crippen molar-refractivity contribution in [3.05, 3.63) is 0 Å². The summed E-state index contributed by atoms with van der Waals surface area (Å²) in [5.74, 6) is 1.60. The smallest absolute Gasteiger partial charge is 0.243 e. The molecule has 2 N–H and O–H groups in total. The van der Waals surface area contributed by atoms with Gasteiger partial charge in [-0.15, -0.1) is 24.0 Å². The summed E-state index contributed by atoms with van der Waals surface area (Å²) in [6.07, 6.45) is 7.42. The van der Waals surface area contributed by atoms with Gasteiger partial charge in [-0.05, 0) is 64.1 Å². The van der Waals surface area contributed by atoms with Gasteiger partial charge in [-0.1, -0.05) is 6.92 Å². The number of rotatable bonds is 8. The largest absolute Gasteiger partial charge is 0.376 e. The normalized spacial score (nSPS) is 21.7. The van der Waals surface area contributed by atoms with Crippen LogP contribution in [-0.4, -0.2) is 87.7 Å². The van der Waals surface area contributed by atoms with E-state index < -0.39 is 0 Å². The fraction of sp³-hybridized carbons (Fsp3) is 0.900. The second kappa shape index (κ2) is 14.4. The Morgan fingerprint density at radius 3 is 2.57 bits per heavy atom. The molecule has 1 unspecified atom stereocenters. The van der Waals surface area contributed by atoms with Crippen LogP contribution >= 0.6 is 24.0 Å². The van der Waals surface area contributed by atoms with E-state index in [2.05, 4.69) is 27.4 Å². The number of carbonyl (C=O) groups is 1. The lowest BCUT2D eigenvalue weighted by atomic mass is 9.99. The van der Waals surface area contributed by atoms with Crippen molar-refractivity contribution < 1.29 is 9.53 Å². The number of carbonyl (C=O) groups excluding carboxylic acids is 1. The van der Waals surface area contributed by atoms with Crippen molar-refractivity contribution >= 4 is 35.8 Å². The van der Waals surface area contributed by atoms with Gasteiger partial charge < -0.3 is 25.2 Å². The molecule has 2 fully saturated rings. The number of amides is 1. The molecule has 7 nitrogen and oxygen atoms in total. The molecule has 2 aliphatic heterocycles. The lowest BCUT2D eigenvalue weighted by molar-refractivity contribution is -0.127. The molecule has 164 valence electrons. The minimum atomic E-state index is 0. The number of likely N-dealkylation sites (tertiary alicyclic amines) is 1. The molecular formula is C20H40IN5O2. The SMILES string of the molecule is CC1CCN(CCCNC(=NCC(=O)N(C)C)NCC2CCCCO2)CC1.I. The number of hydrogen-bond acceptors (Lipinski definition) is 4. The zero-order valence-corrected chi connectivity index (χ0v) is 20.2. The summed E-state index contributed by atoms with van der Waals surface area (Å²) in [6.45, 7) is 8.52. The Labute approximate surface area is 188 Å². The standard InChI is InChI=1S/C20H39N5O2.HI/c1-17-8-12-25(13-9-17)11-6-10-21-20(23-16-19(26)24(2)3)22-15-18-7-4-5-14-27-18;/h17-18H,4-16H2,1-3H3,(H2,21,22,23);1H. The van der Waals surface area contributed by atoms with Crippen LogP contribution in [0.3, 0.4) is 0 Å². The van der Waals surface area contributed by atoms with Gasteiger partial charge in [0.25, 0.3) is 0 Å². The number of piperidine rings is 1. The third kappa shape index (κ3) is 10.2. The number of nitrogens with one attached hydrogen (secondary N) is 2. The van der Waals surface area contributed by atoms with Crippen LogP contribution < -0.4 is 10.6 Å². The van der Waals surface area contributed by atoms with Crippen molar-refractivity contribution in [1.82, 2.24) is 20.4 Å². The fourth-order valence-electron chi connectivity index (χ4n) is 3.44. The molecule has 1 atom stereocenters. The highest BCUT2D eigenvalue weighted by molar-refractivity contribution is 14.0. The van der Waals surface area contributed by atoms with E-state index in [-0.39, 0.29) is 42.5 Å². The van der Waals surface area contributed by atoms with Crippen molar-refractivity contribution in [2.24, 2.45) is 10.9 Å². The molecule has 0 aromatic rings. The quantitative estimate of drug-likeness (QED) is 0.227. The highest BCUT2D eigenvalue weighted by Crippen LogP contribution is 2.15. The molecule has 2 rings (SSSR count). The van der Waals surface area contributed by atoms with E-state index in [1.54, 1.807) is 19.0 Å². The summed E-state index contributed by atoms with van der Waals surface area (Å²) in [6, 6.07) is 0. The van der Waals surface area contributed by atoms with Gasteiger partial charge in [-0.2, -0.15) is 0 Å². The summed E-state index contributed by atoms with van der Waals surface area (Å²) < 4.78 is 5.78. The van der Waals surface area contributed by atoms with E-state index in [4.69, 9.17) is 4.74 Å². The average Bonchev–Trinajstić information content (AvgIpc) is 2.68. The van der Waals surface area contributed by atoms with Gasteiger partial charge in [0.05, 0.1) is 6.10 Å². The molecule has 0 bridgehead atoms. The Bertz CT molecular complexity index is 462. The molecular weight excluding hydrogens is 469 g/mol. The van der Waals surface area contributed by atoms with Crippen molar-refractivity contribution in [2.45, 2.75) is 51.6 Å². The van der Waals surface area contributed by atoms with E-state index in [9.17, 15) is 4.79 Å². The minimum absolute atomic E-state index is 0. The molecule has 2 heterocycles. The Balaban J connectivity index is 0.00000392. The van der Waals surface area contributed by atoms with Crippen LogP contribution in [0.25, 0.3) is 0 Å². The first-order chi connectivity index (χ1) is 13.0. The highest BCUT2D eigenvalue weighted by atomic mass is 127. The molecule has 0 aromatic carbocycles. The molecule has 8 heteroatoms. The van der Waals surface area contributed by atoms with Crippen LogP contribution in [0.5, 0.6) is 0 Å². The highest BCUT2D eigenvalue weighted by Gasteiger charge is 2.16. The van der Waals surface area contributed by atoms with Gasteiger partial charge >= 0.3 is 0 Å². The number of guanidine groups is 1. The number of ether oxygens (including phenoxy) is 1. The number of halogens is 1. The summed E-state index contributed by atoms with van der Waals surface area (Å²) in [5.41, 5.74) is 0. The molecule has 0 radical (unpaired) electrons. The molecule has 0 saturated carbocycles. The van der Waals surface area contributed by atoms with Gasteiger partial charge in [-0.25, -0.2) is 4.99 Å². The van der Waals surface area contributed by atoms with E-state index in [1.165, 1.54) is 32.4 Å². The van der Waals surface area contributed by atoms with Crippen LogP contribution in [0.4, 0.5) is 0 Å². The average molecular weight is 509 g/mol. The minimum Gasteiger partial charge on any atom is -0.376 e. The Morgan fingerprint density at radius 1 is 1.18 bits per heavy atom. The van der Waals surface area contributed by atoms with E-state index in [0.717, 1.165) is 51.4 Å². The predicted molar refractivity (Wildman–Crippen MR) is 125 cm³/mol. The first kappa shape index (κ1) is 25.4. The second-order valence-electron chi connectivity index (χ2n) is 8.13. The molecule has 2 saturated heterocycles. The van der Waals surface area contributed by atoms with Crippen LogP contribution in [0.2, 0.25) is 0 Å². The van der Waals surface area contributed by atoms with Crippen molar-refractivity contribution in [1.29, 1.82) is 0 Å². The van der Waals surface area contributed by atoms with Crippen molar-refractivity contribution in [3.63, 3.8) is 0 Å². The molecule has 2 aliphatic rings. The monoisotopic (exact) mass is 509 g/mol. The van der Waals surface area contributed by atoms with Gasteiger partial charge in [0.1, 0.15) is 6.54 Å². The maximum absolute atomic E-state index is 11.8. The fourth-order valence-corrected chi connectivity index (χ4v) is 3.44. The Hall–Kier alpha value is -0.610. The van der Waals surface area contributed by atoms with Crippen molar-refractivity contribution in [3.8, 4) is 0 Å². The molecule has 1 amide bonds. The topological polar surface area (TPSA) is 69.2 Å². The first-order valence-electron chi connectivity index (χ1n) is 10.6. The maximum atomic E-state index is 11.8. The van der Waals surface area contributed by atoms with Gasteiger partial charge in [0.15, 0.2) is 5.96 Å².